The highest BCUT2D eigenvalue weighted by Gasteiger charge is 2.34. The van der Waals surface area contributed by atoms with Gasteiger partial charge in [-0.25, -0.2) is 4.98 Å². The largest absolute Gasteiger partial charge is 0.361 e. The van der Waals surface area contributed by atoms with Crippen LogP contribution in [0.4, 0.5) is 0 Å². The molecular weight excluding hydrogens is 693 g/mol. The second kappa shape index (κ2) is 17.5. The summed E-state index contributed by atoms with van der Waals surface area (Å²) in [6, 6.07) is 12.7. The highest BCUT2D eigenvalue weighted by atomic mass is 35.5. The molecule has 266 valence electrons. The van der Waals surface area contributed by atoms with Crippen molar-refractivity contribution in [2.24, 2.45) is 11.7 Å². The van der Waals surface area contributed by atoms with Crippen molar-refractivity contribution in [1.29, 1.82) is 0 Å². The highest BCUT2D eigenvalue weighted by Crippen LogP contribution is 2.38. The van der Waals surface area contributed by atoms with Gasteiger partial charge in [0.25, 0.3) is 0 Å². The van der Waals surface area contributed by atoms with Crippen molar-refractivity contribution in [1.82, 2.24) is 30.8 Å². The van der Waals surface area contributed by atoms with Crippen LogP contribution in [0.1, 0.15) is 56.2 Å². The van der Waals surface area contributed by atoms with E-state index in [0.717, 1.165) is 22.0 Å². The molecule has 1 aliphatic rings. The van der Waals surface area contributed by atoms with Crippen LogP contribution in [-0.2, 0) is 33.9 Å². The number of unbranched alkanes of at least 4 members (excludes halogenated alkanes) is 1. The van der Waals surface area contributed by atoms with Crippen LogP contribution in [0, 0.1) is 5.92 Å². The number of nitrogens with zero attached hydrogens (tertiary/aromatic N) is 2. The third-order valence-electron chi connectivity index (χ3n) is 8.92. The molecule has 1 unspecified atom stereocenters. The molecule has 0 spiro atoms. The third-order valence-corrected chi connectivity index (χ3v) is 10.8. The van der Waals surface area contributed by atoms with E-state index < -0.39 is 18.1 Å². The molecule has 6 N–H and O–H groups in total. The van der Waals surface area contributed by atoms with Gasteiger partial charge in [0.2, 0.25) is 17.7 Å². The summed E-state index contributed by atoms with van der Waals surface area (Å²) < 4.78 is 0. The second-order valence-electron chi connectivity index (χ2n) is 13.1. The van der Waals surface area contributed by atoms with Gasteiger partial charge in [-0.3, -0.25) is 14.4 Å². The Morgan fingerprint density at radius 1 is 1.00 bits per heavy atom. The number of amides is 3. The zero-order chi connectivity index (χ0) is 35.8. The van der Waals surface area contributed by atoms with Gasteiger partial charge in [0.05, 0.1) is 11.1 Å². The zero-order valence-corrected chi connectivity index (χ0v) is 30.9. The van der Waals surface area contributed by atoms with Crippen molar-refractivity contribution in [3.8, 4) is 0 Å². The number of nitrogens with one attached hydrogen (secondary N) is 4. The maximum absolute atomic E-state index is 14.4. The van der Waals surface area contributed by atoms with Gasteiger partial charge in [-0.2, -0.15) is 0 Å². The zero-order valence-electron chi connectivity index (χ0n) is 28.6. The lowest BCUT2D eigenvalue weighted by molar-refractivity contribution is -0.142. The molecule has 4 aromatic rings. The van der Waals surface area contributed by atoms with Crippen molar-refractivity contribution in [2.75, 3.05) is 13.6 Å². The number of nitrogens with two attached hydrogens (primary N) is 1. The minimum Gasteiger partial charge on any atom is -0.361 e. The summed E-state index contributed by atoms with van der Waals surface area (Å²) in [7, 11) is 1.63. The summed E-state index contributed by atoms with van der Waals surface area (Å²) in [6.07, 6.45) is 6.09. The number of fused-ring (bicyclic) bond motifs is 3. The molecule has 0 aliphatic carbocycles. The maximum Gasteiger partial charge on any atom is 0.245 e. The first-order valence-corrected chi connectivity index (χ1v) is 18.6. The highest BCUT2D eigenvalue weighted by molar-refractivity contribution is 7.99. The van der Waals surface area contributed by atoms with Crippen LogP contribution < -0.4 is 21.7 Å². The first-order valence-electron chi connectivity index (χ1n) is 17.0. The molecule has 0 fully saturated rings. The summed E-state index contributed by atoms with van der Waals surface area (Å²) in [6.45, 7) is 5.05. The average Bonchev–Trinajstić information content (AvgIpc) is 3.50. The summed E-state index contributed by atoms with van der Waals surface area (Å²) in [5.41, 5.74) is 9.21. The van der Waals surface area contributed by atoms with Crippen LogP contribution in [0.15, 0.2) is 70.8 Å². The number of halogens is 2. The number of carbonyl (C=O) groups is 3. The van der Waals surface area contributed by atoms with E-state index in [1.54, 1.807) is 25.4 Å². The smallest absolute Gasteiger partial charge is 0.245 e. The topological polar surface area (TPSA) is 145 Å². The molecule has 50 heavy (non-hydrogen) atoms. The van der Waals surface area contributed by atoms with E-state index in [4.69, 9.17) is 28.9 Å². The van der Waals surface area contributed by atoms with Crippen molar-refractivity contribution in [2.45, 2.75) is 87.1 Å². The quantitative estimate of drug-likeness (QED) is 0.143. The Labute approximate surface area is 307 Å². The normalized spacial score (nSPS) is 19.5. The van der Waals surface area contributed by atoms with E-state index in [1.807, 2.05) is 42.6 Å². The monoisotopic (exact) mass is 737 g/mol. The van der Waals surface area contributed by atoms with Gasteiger partial charge >= 0.3 is 0 Å². The van der Waals surface area contributed by atoms with Crippen LogP contribution in [-0.4, -0.2) is 64.3 Å². The molecule has 0 saturated carbocycles. The Morgan fingerprint density at radius 3 is 2.58 bits per heavy atom. The molecule has 10 nitrogen and oxygen atoms in total. The summed E-state index contributed by atoms with van der Waals surface area (Å²) in [5.74, 6) is -0.780. The predicted molar refractivity (Wildman–Crippen MR) is 200 cm³/mol. The van der Waals surface area contributed by atoms with E-state index in [2.05, 4.69) is 39.8 Å². The van der Waals surface area contributed by atoms with Gasteiger partial charge in [0.1, 0.15) is 17.1 Å². The molecule has 2 aromatic heterocycles. The number of hydrogen-bond acceptors (Lipinski definition) is 7. The van der Waals surface area contributed by atoms with Gasteiger partial charge in [-0.05, 0) is 79.1 Å². The Kier molecular flexibility index (Phi) is 13.2. The van der Waals surface area contributed by atoms with Gasteiger partial charge < -0.3 is 31.6 Å². The molecule has 0 bridgehead atoms. The number of aromatic nitrogens is 2. The van der Waals surface area contributed by atoms with E-state index >= 15 is 0 Å². The number of H-pyrrole nitrogens is 1. The standard InChI is InChI=1S/C37H45Cl2N7O3S/c1-22(2)15-31-34(47)45-30(12-6-7-13-40)37(49)46(3)32(17-24-20-42-29-11-5-4-10-27(24)29)35(48)44-21-25-16-26(38)18-28(39)33(25)50-36-23(19-43-31)9-8-14-41-36/h4-5,8-11,14,16,18,20,22,30-32,42-43H,6-7,12-13,15,17,19,21,40H2,1-3H3,(H,44,48)(H,45,47)/t30?,31-,32-/m0/s1. The Morgan fingerprint density at radius 2 is 1.80 bits per heavy atom. The van der Waals surface area contributed by atoms with Crippen LogP contribution in [0.25, 0.3) is 10.9 Å². The molecule has 3 atom stereocenters. The van der Waals surface area contributed by atoms with Gasteiger partial charge in [0, 0.05) is 59.8 Å². The fraction of sp³-hybridized carbons (Fsp3) is 0.405. The number of aromatic amines is 1. The minimum absolute atomic E-state index is 0.113. The minimum atomic E-state index is -0.899. The lowest BCUT2D eigenvalue weighted by Crippen LogP contribution is -2.57. The first-order chi connectivity index (χ1) is 24.0. The van der Waals surface area contributed by atoms with Gasteiger partial charge in [-0.15, -0.1) is 0 Å². The van der Waals surface area contributed by atoms with Gasteiger partial charge in [0.15, 0.2) is 0 Å². The number of para-hydroxylation sites is 1. The average molecular weight is 739 g/mol. The van der Waals surface area contributed by atoms with E-state index in [0.29, 0.717) is 64.3 Å². The third kappa shape index (κ3) is 9.38. The molecule has 3 amide bonds. The van der Waals surface area contributed by atoms with Crippen molar-refractivity contribution >= 4 is 63.6 Å². The van der Waals surface area contributed by atoms with Gasteiger partial charge in [-0.1, -0.05) is 73.1 Å². The number of benzene rings is 2. The number of likely N-dealkylation sites (N-methyl/N-ethyl adjacent to an activating group) is 1. The van der Waals surface area contributed by atoms with E-state index in [9.17, 15) is 14.4 Å². The van der Waals surface area contributed by atoms with Crippen molar-refractivity contribution < 1.29 is 14.4 Å². The second-order valence-corrected chi connectivity index (χ2v) is 14.9. The number of hydrogen-bond donors (Lipinski definition) is 5. The lowest BCUT2D eigenvalue weighted by atomic mass is 10.00. The fourth-order valence-corrected chi connectivity index (χ4v) is 7.88. The molecule has 3 heterocycles. The first kappa shape index (κ1) is 37.6. The lowest BCUT2D eigenvalue weighted by Gasteiger charge is -2.32. The molecule has 1 aliphatic heterocycles. The maximum atomic E-state index is 14.4. The Hall–Kier alpha value is -3.61. The molecule has 0 radical (unpaired) electrons. The SMILES string of the molecule is CC(C)C[C@@H]1NCc2cccnc2Sc2c(Cl)cc(Cl)cc2CNC(=O)[C@H](Cc2c[nH]c3ccccc23)N(C)C(=O)C(CCCCN)NC1=O. The van der Waals surface area contributed by atoms with Crippen LogP contribution in [0.5, 0.6) is 0 Å². The van der Waals surface area contributed by atoms with Crippen LogP contribution >= 0.6 is 35.0 Å². The summed E-state index contributed by atoms with van der Waals surface area (Å²) in [5, 5.41) is 12.1. The number of carbonyl (C=O) groups excluding carboxylic acids is 3. The summed E-state index contributed by atoms with van der Waals surface area (Å²) >= 11 is 14.6. The van der Waals surface area contributed by atoms with Crippen molar-refractivity contribution in [3.63, 3.8) is 0 Å². The number of rotatable bonds is 8. The van der Waals surface area contributed by atoms with Crippen molar-refractivity contribution in [3.05, 3.63) is 87.7 Å². The Bertz CT molecular complexity index is 1820. The molecule has 13 heteroatoms. The molecule has 2 aromatic carbocycles. The van der Waals surface area contributed by atoms with E-state index in [-0.39, 0.29) is 36.6 Å². The van der Waals surface area contributed by atoms with Crippen LogP contribution in [0.2, 0.25) is 10.0 Å². The summed E-state index contributed by atoms with van der Waals surface area (Å²) in [4.78, 5) is 52.7. The fourth-order valence-electron chi connectivity index (χ4n) is 6.23. The number of pyridine rings is 1. The van der Waals surface area contributed by atoms with E-state index in [1.165, 1.54) is 16.7 Å². The molecule has 5 rings (SSSR count). The predicted octanol–water partition coefficient (Wildman–Crippen LogP) is 5.84. The molecule has 0 saturated heterocycles. The van der Waals surface area contributed by atoms with Crippen LogP contribution in [0.3, 0.4) is 0 Å². The molecular formula is C37H45Cl2N7O3S. The Balaban J connectivity index is 1.58.